The van der Waals surface area contributed by atoms with Crippen LogP contribution in [0.25, 0.3) is 0 Å². The Morgan fingerprint density at radius 3 is 2.84 bits per heavy atom. The van der Waals surface area contributed by atoms with Gasteiger partial charge in [0.25, 0.3) is 0 Å². The molecule has 2 N–H and O–H groups in total. The van der Waals surface area contributed by atoms with Crippen LogP contribution in [0.3, 0.4) is 0 Å². The zero-order valence-corrected chi connectivity index (χ0v) is 11.2. The minimum atomic E-state index is -0.405. The summed E-state index contributed by atoms with van der Waals surface area (Å²) in [7, 11) is 0. The van der Waals surface area contributed by atoms with Gasteiger partial charge in [-0.2, -0.15) is 4.98 Å². The topological polar surface area (TPSA) is 80.0 Å². The highest BCUT2D eigenvalue weighted by atomic mass is 16.5. The lowest BCUT2D eigenvalue weighted by Crippen LogP contribution is -2.47. The lowest BCUT2D eigenvalue weighted by atomic mass is 9.95. The highest BCUT2D eigenvalue weighted by Gasteiger charge is 2.42. The van der Waals surface area contributed by atoms with Gasteiger partial charge in [-0.3, -0.25) is 4.79 Å². The molecule has 1 saturated carbocycles. The van der Waals surface area contributed by atoms with E-state index < -0.39 is 5.54 Å². The van der Waals surface area contributed by atoms with E-state index in [9.17, 15) is 4.79 Å². The van der Waals surface area contributed by atoms with E-state index in [1.54, 1.807) is 6.92 Å². The molecule has 6 nitrogen and oxygen atoms in total. The van der Waals surface area contributed by atoms with Gasteiger partial charge in [0, 0.05) is 13.5 Å². The van der Waals surface area contributed by atoms with E-state index in [0.29, 0.717) is 11.7 Å². The number of hydrogen-bond donors (Lipinski definition) is 2. The van der Waals surface area contributed by atoms with Crippen LogP contribution in [-0.2, 0) is 10.3 Å². The van der Waals surface area contributed by atoms with Crippen LogP contribution in [0.5, 0.6) is 0 Å². The molecule has 1 aromatic heterocycles. The Bertz CT molecular complexity index is 459. The molecule has 104 valence electrons. The van der Waals surface area contributed by atoms with E-state index >= 15 is 0 Å². The van der Waals surface area contributed by atoms with Gasteiger partial charge in [0.2, 0.25) is 11.8 Å². The van der Waals surface area contributed by atoms with Crippen LogP contribution >= 0.6 is 0 Å². The molecule has 1 amide bonds. The van der Waals surface area contributed by atoms with Crippen LogP contribution in [-0.4, -0.2) is 29.1 Å². The first kappa shape index (κ1) is 12.6. The Balaban J connectivity index is 1.78. The fourth-order valence-electron chi connectivity index (χ4n) is 3.09. The molecule has 1 aromatic rings. The minimum Gasteiger partial charge on any atom is -0.343 e. The Kier molecular flexibility index (Phi) is 3.26. The maximum absolute atomic E-state index is 12.3. The largest absolute Gasteiger partial charge is 0.343 e. The first-order chi connectivity index (χ1) is 9.20. The minimum absolute atomic E-state index is 0.0745. The van der Waals surface area contributed by atoms with Crippen LogP contribution in [0, 0.1) is 12.8 Å². The maximum Gasteiger partial charge on any atom is 0.225 e. The molecule has 1 aliphatic carbocycles. The van der Waals surface area contributed by atoms with Crippen molar-refractivity contribution >= 4 is 5.91 Å². The summed E-state index contributed by atoms with van der Waals surface area (Å²) < 4.78 is 5.08. The molecule has 0 spiro atoms. The zero-order valence-electron chi connectivity index (χ0n) is 11.2. The molecule has 3 rings (SSSR count). The number of rotatable bonds is 3. The monoisotopic (exact) mass is 264 g/mol. The quantitative estimate of drug-likeness (QED) is 0.847. The molecule has 6 heteroatoms. The van der Waals surface area contributed by atoms with Crippen molar-refractivity contribution < 1.29 is 9.32 Å². The zero-order chi connectivity index (χ0) is 13.3. The first-order valence-electron chi connectivity index (χ1n) is 7.03. The van der Waals surface area contributed by atoms with E-state index in [-0.39, 0.29) is 11.8 Å². The van der Waals surface area contributed by atoms with Crippen LogP contribution in [0.15, 0.2) is 4.52 Å². The summed E-state index contributed by atoms with van der Waals surface area (Å²) >= 11 is 0. The molecule has 2 heterocycles. The van der Waals surface area contributed by atoms with Crippen LogP contribution < -0.4 is 10.6 Å². The summed E-state index contributed by atoms with van der Waals surface area (Å²) in [4.78, 5) is 16.7. The molecule has 0 radical (unpaired) electrons. The van der Waals surface area contributed by atoms with Crippen molar-refractivity contribution in [2.24, 2.45) is 5.92 Å². The number of aryl methyl sites for hydroxylation is 1. The molecule has 19 heavy (non-hydrogen) atoms. The van der Waals surface area contributed by atoms with E-state index in [4.69, 9.17) is 4.52 Å². The highest BCUT2D eigenvalue weighted by Crippen LogP contribution is 2.37. The second kappa shape index (κ2) is 4.92. The molecule has 1 atom stereocenters. The van der Waals surface area contributed by atoms with E-state index in [1.807, 2.05) is 0 Å². The fourth-order valence-corrected chi connectivity index (χ4v) is 3.09. The SMILES string of the molecule is Cc1nc(C2(NC(=O)C3CCNC3)CCCC2)no1. The van der Waals surface area contributed by atoms with Crippen LogP contribution in [0.4, 0.5) is 0 Å². The summed E-state index contributed by atoms with van der Waals surface area (Å²) in [5, 5.41) is 10.5. The number of nitrogens with zero attached hydrogens (tertiary/aromatic N) is 2. The number of carbonyl (C=O) groups is 1. The van der Waals surface area contributed by atoms with E-state index in [2.05, 4.69) is 20.8 Å². The van der Waals surface area contributed by atoms with Crippen molar-refractivity contribution in [3.8, 4) is 0 Å². The van der Waals surface area contributed by atoms with Gasteiger partial charge in [0.05, 0.1) is 5.92 Å². The lowest BCUT2D eigenvalue weighted by molar-refractivity contribution is -0.126. The molecule has 2 aliphatic rings. The number of carbonyl (C=O) groups excluding carboxylic acids is 1. The lowest BCUT2D eigenvalue weighted by Gasteiger charge is -2.28. The van der Waals surface area contributed by atoms with Gasteiger partial charge in [0.1, 0.15) is 5.54 Å². The van der Waals surface area contributed by atoms with Crippen LogP contribution in [0.1, 0.15) is 43.8 Å². The van der Waals surface area contributed by atoms with Gasteiger partial charge < -0.3 is 15.2 Å². The van der Waals surface area contributed by atoms with Gasteiger partial charge >= 0.3 is 0 Å². The molecule has 0 aromatic carbocycles. The van der Waals surface area contributed by atoms with Crippen LogP contribution in [0.2, 0.25) is 0 Å². The predicted octanol–water partition coefficient (Wildman–Crippen LogP) is 0.873. The molecule has 1 saturated heterocycles. The normalized spacial score (nSPS) is 25.6. The second-order valence-electron chi connectivity index (χ2n) is 5.61. The summed E-state index contributed by atoms with van der Waals surface area (Å²) in [5.41, 5.74) is -0.405. The molecule has 0 bridgehead atoms. The maximum atomic E-state index is 12.3. The summed E-state index contributed by atoms with van der Waals surface area (Å²) in [5.74, 6) is 1.39. The predicted molar refractivity (Wildman–Crippen MR) is 68.3 cm³/mol. The second-order valence-corrected chi connectivity index (χ2v) is 5.61. The van der Waals surface area contributed by atoms with Crippen molar-refractivity contribution in [1.82, 2.24) is 20.8 Å². The third-order valence-corrected chi connectivity index (χ3v) is 4.21. The molecule has 1 aliphatic heterocycles. The van der Waals surface area contributed by atoms with Crippen molar-refractivity contribution in [1.29, 1.82) is 0 Å². The molecular formula is C13H20N4O2. The van der Waals surface area contributed by atoms with Crippen molar-refractivity contribution in [2.45, 2.75) is 44.6 Å². The Hall–Kier alpha value is -1.43. The smallest absolute Gasteiger partial charge is 0.225 e. The van der Waals surface area contributed by atoms with Gasteiger partial charge in [-0.05, 0) is 25.8 Å². The molecular weight excluding hydrogens is 244 g/mol. The third-order valence-electron chi connectivity index (χ3n) is 4.21. The summed E-state index contributed by atoms with van der Waals surface area (Å²) in [6, 6.07) is 0. The summed E-state index contributed by atoms with van der Waals surface area (Å²) in [6.45, 7) is 3.47. The standard InChI is InChI=1S/C13H20N4O2/c1-9-15-12(17-19-9)13(5-2-3-6-13)16-11(18)10-4-7-14-8-10/h10,14H,2-8H2,1H3,(H,16,18). The van der Waals surface area contributed by atoms with Gasteiger partial charge in [-0.25, -0.2) is 0 Å². The fraction of sp³-hybridized carbons (Fsp3) is 0.769. The van der Waals surface area contributed by atoms with Gasteiger partial charge in [0.15, 0.2) is 5.82 Å². The Morgan fingerprint density at radius 1 is 1.47 bits per heavy atom. The Labute approximate surface area is 112 Å². The number of hydrogen-bond acceptors (Lipinski definition) is 5. The number of nitrogens with one attached hydrogen (secondary N) is 2. The van der Waals surface area contributed by atoms with Crippen molar-refractivity contribution in [2.75, 3.05) is 13.1 Å². The molecule has 1 unspecified atom stereocenters. The van der Waals surface area contributed by atoms with E-state index in [0.717, 1.165) is 45.2 Å². The third kappa shape index (κ3) is 2.36. The first-order valence-corrected chi connectivity index (χ1v) is 7.03. The molecule has 2 fully saturated rings. The number of amides is 1. The van der Waals surface area contributed by atoms with Crippen molar-refractivity contribution in [3.05, 3.63) is 11.7 Å². The van der Waals surface area contributed by atoms with E-state index in [1.165, 1.54) is 0 Å². The van der Waals surface area contributed by atoms with Gasteiger partial charge in [-0.15, -0.1) is 0 Å². The number of aromatic nitrogens is 2. The van der Waals surface area contributed by atoms with Crippen molar-refractivity contribution in [3.63, 3.8) is 0 Å². The average molecular weight is 264 g/mol. The average Bonchev–Trinajstić information content (AvgIpc) is 3.08. The van der Waals surface area contributed by atoms with Gasteiger partial charge in [-0.1, -0.05) is 18.0 Å². The highest BCUT2D eigenvalue weighted by molar-refractivity contribution is 5.80. The summed E-state index contributed by atoms with van der Waals surface area (Å²) in [6.07, 6.45) is 4.90. The Morgan fingerprint density at radius 2 is 2.26 bits per heavy atom.